The van der Waals surface area contributed by atoms with Crippen LogP contribution < -0.4 is 15.4 Å². The largest absolute Gasteiger partial charge is 0.481 e. The lowest BCUT2D eigenvalue weighted by Crippen LogP contribution is -2.33. The second-order valence-electron chi connectivity index (χ2n) is 3.68. The number of methoxy groups -OCH3 is 2. The number of ether oxygens (including phenoxy) is 2. The minimum Gasteiger partial charge on any atom is -0.481 e. The summed E-state index contributed by atoms with van der Waals surface area (Å²) in [4.78, 5) is 6.29. The van der Waals surface area contributed by atoms with E-state index in [1.807, 2.05) is 18.9 Å². The smallest absolute Gasteiger partial charge is 0.215 e. The van der Waals surface area contributed by atoms with Gasteiger partial charge in [0.1, 0.15) is 0 Å². The van der Waals surface area contributed by atoms with Crippen molar-refractivity contribution in [2.24, 2.45) is 0 Å². The zero-order valence-corrected chi connectivity index (χ0v) is 10.2. The number of likely N-dealkylation sites (N-methyl/N-ethyl adjacent to an activating group) is 1. The van der Waals surface area contributed by atoms with Crippen LogP contribution in [-0.4, -0.2) is 38.9 Å². The summed E-state index contributed by atoms with van der Waals surface area (Å²) in [5.74, 6) is 1.27. The van der Waals surface area contributed by atoms with E-state index in [0.29, 0.717) is 24.0 Å². The van der Waals surface area contributed by atoms with Crippen LogP contribution in [0.1, 0.15) is 6.92 Å². The molecule has 5 nitrogen and oxygen atoms in total. The molecule has 0 aliphatic carbocycles. The van der Waals surface area contributed by atoms with E-state index in [1.54, 1.807) is 26.4 Å². The number of anilines is 2. The third kappa shape index (κ3) is 2.76. The Labute approximate surface area is 96.2 Å². The maximum absolute atomic E-state index is 5.88. The second-order valence-corrected chi connectivity index (χ2v) is 3.68. The molecule has 0 fully saturated rings. The van der Waals surface area contributed by atoms with Gasteiger partial charge >= 0.3 is 0 Å². The Morgan fingerprint density at radius 1 is 1.44 bits per heavy atom. The molecule has 1 atom stereocenters. The molecule has 0 aromatic carbocycles. The van der Waals surface area contributed by atoms with Gasteiger partial charge in [0.25, 0.3) is 0 Å². The van der Waals surface area contributed by atoms with Gasteiger partial charge in [-0.2, -0.15) is 4.98 Å². The predicted octanol–water partition coefficient (Wildman–Crippen LogP) is 1.14. The summed E-state index contributed by atoms with van der Waals surface area (Å²) in [6.45, 7) is 2.67. The van der Waals surface area contributed by atoms with E-state index in [9.17, 15) is 0 Å². The van der Waals surface area contributed by atoms with Crippen molar-refractivity contribution >= 4 is 11.5 Å². The topological polar surface area (TPSA) is 60.6 Å². The molecule has 16 heavy (non-hydrogen) atoms. The van der Waals surface area contributed by atoms with Crippen LogP contribution in [0.15, 0.2) is 12.1 Å². The lowest BCUT2D eigenvalue weighted by atomic mass is 10.3. The van der Waals surface area contributed by atoms with E-state index in [2.05, 4.69) is 4.98 Å². The SMILES string of the molecule is COCC(C)N(C)c1nc(OC)ccc1N. The van der Waals surface area contributed by atoms with E-state index in [1.165, 1.54) is 0 Å². The fourth-order valence-electron chi connectivity index (χ4n) is 1.40. The summed E-state index contributed by atoms with van der Waals surface area (Å²) < 4.78 is 10.2. The van der Waals surface area contributed by atoms with Gasteiger partial charge in [0, 0.05) is 20.2 Å². The first-order valence-electron chi connectivity index (χ1n) is 5.12. The Balaban J connectivity index is 2.92. The monoisotopic (exact) mass is 225 g/mol. The maximum atomic E-state index is 5.88. The van der Waals surface area contributed by atoms with Crippen molar-refractivity contribution in [3.8, 4) is 5.88 Å². The van der Waals surface area contributed by atoms with Crippen LogP contribution in [0.25, 0.3) is 0 Å². The number of nitrogens with two attached hydrogens (primary N) is 1. The van der Waals surface area contributed by atoms with Gasteiger partial charge in [-0.1, -0.05) is 0 Å². The van der Waals surface area contributed by atoms with Crippen LogP contribution in [0.3, 0.4) is 0 Å². The zero-order chi connectivity index (χ0) is 12.1. The molecule has 1 aromatic rings. The number of hydrogen-bond acceptors (Lipinski definition) is 5. The fourth-order valence-corrected chi connectivity index (χ4v) is 1.40. The summed E-state index contributed by atoms with van der Waals surface area (Å²) in [7, 11) is 5.19. The quantitative estimate of drug-likeness (QED) is 0.814. The van der Waals surface area contributed by atoms with Crippen LogP contribution in [-0.2, 0) is 4.74 Å². The summed E-state index contributed by atoms with van der Waals surface area (Å²) >= 11 is 0. The van der Waals surface area contributed by atoms with Crippen molar-refractivity contribution in [3.05, 3.63) is 12.1 Å². The lowest BCUT2D eigenvalue weighted by molar-refractivity contribution is 0.183. The third-order valence-electron chi connectivity index (χ3n) is 2.49. The first-order chi connectivity index (χ1) is 7.60. The Bertz CT molecular complexity index is 344. The fraction of sp³-hybridized carbons (Fsp3) is 0.545. The number of rotatable bonds is 5. The molecule has 1 heterocycles. The average Bonchev–Trinajstić information content (AvgIpc) is 2.29. The van der Waals surface area contributed by atoms with Crippen LogP contribution in [0.2, 0.25) is 0 Å². The number of nitrogen functional groups attached to an aromatic ring is 1. The molecule has 90 valence electrons. The molecule has 0 saturated carbocycles. The van der Waals surface area contributed by atoms with Gasteiger partial charge in [0.05, 0.1) is 25.4 Å². The standard InChI is InChI=1S/C11H19N3O2/c1-8(7-15-3)14(2)11-9(12)5-6-10(13-11)16-4/h5-6,8H,7,12H2,1-4H3. The average molecular weight is 225 g/mol. The minimum atomic E-state index is 0.201. The Morgan fingerprint density at radius 3 is 2.69 bits per heavy atom. The molecule has 0 amide bonds. The van der Waals surface area contributed by atoms with Crippen molar-refractivity contribution in [3.63, 3.8) is 0 Å². The Kier molecular flexibility index (Phi) is 4.37. The molecule has 0 bridgehead atoms. The molecular weight excluding hydrogens is 206 g/mol. The number of nitrogens with zero attached hydrogens (tertiary/aromatic N) is 2. The summed E-state index contributed by atoms with van der Waals surface area (Å²) in [6, 6.07) is 3.73. The molecule has 1 aromatic heterocycles. The molecule has 0 radical (unpaired) electrons. The van der Waals surface area contributed by atoms with E-state index in [0.717, 1.165) is 0 Å². The molecule has 5 heteroatoms. The molecule has 0 aliphatic heterocycles. The third-order valence-corrected chi connectivity index (χ3v) is 2.49. The van der Waals surface area contributed by atoms with E-state index in [4.69, 9.17) is 15.2 Å². The molecule has 0 spiro atoms. The van der Waals surface area contributed by atoms with Crippen molar-refractivity contribution in [2.75, 3.05) is 38.5 Å². The highest BCUT2D eigenvalue weighted by atomic mass is 16.5. The van der Waals surface area contributed by atoms with Crippen molar-refractivity contribution in [1.29, 1.82) is 0 Å². The number of pyridine rings is 1. The van der Waals surface area contributed by atoms with Crippen LogP contribution >= 0.6 is 0 Å². The second kappa shape index (κ2) is 5.55. The lowest BCUT2D eigenvalue weighted by Gasteiger charge is -2.26. The van der Waals surface area contributed by atoms with Crippen LogP contribution in [0, 0.1) is 0 Å². The zero-order valence-electron chi connectivity index (χ0n) is 10.2. The first kappa shape index (κ1) is 12.6. The highest BCUT2D eigenvalue weighted by Crippen LogP contribution is 2.24. The Morgan fingerprint density at radius 2 is 2.12 bits per heavy atom. The van der Waals surface area contributed by atoms with Gasteiger partial charge in [-0.15, -0.1) is 0 Å². The van der Waals surface area contributed by atoms with Crippen molar-refractivity contribution < 1.29 is 9.47 Å². The van der Waals surface area contributed by atoms with Crippen LogP contribution in [0.4, 0.5) is 11.5 Å². The molecule has 0 aliphatic rings. The Hall–Kier alpha value is -1.49. The van der Waals surface area contributed by atoms with Crippen LogP contribution in [0.5, 0.6) is 5.88 Å². The van der Waals surface area contributed by atoms with Crippen molar-refractivity contribution in [2.45, 2.75) is 13.0 Å². The highest BCUT2D eigenvalue weighted by Gasteiger charge is 2.14. The number of aromatic nitrogens is 1. The van der Waals surface area contributed by atoms with E-state index >= 15 is 0 Å². The van der Waals surface area contributed by atoms with Gasteiger partial charge < -0.3 is 20.1 Å². The van der Waals surface area contributed by atoms with E-state index in [-0.39, 0.29) is 6.04 Å². The van der Waals surface area contributed by atoms with Gasteiger partial charge in [0.2, 0.25) is 5.88 Å². The molecular formula is C11H19N3O2. The normalized spacial score (nSPS) is 12.2. The maximum Gasteiger partial charge on any atom is 0.215 e. The first-order valence-corrected chi connectivity index (χ1v) is 5.12. The molecule has 0 saturated heterocycles. The van der Waals surface area contributed by atoms with Gasteiger partial charge in [0.15, 0.2) is 5.82 Å². The number of hydrogen-bond donors (Lipinski definition) is 1. The molecule has 1 rings (SSSR count). The summed E-state index contributed by atoms with van der Waals surface area (Å²) in [5, 5.41) is 0. The molecule has 2 N–H and O–H groups in total. The predicted molar refractivity (Wildman–Crippen MR) is 64.9 cm³/mol. The van der Waals surface area contributed by atoms with Crippen molar-refractivity contribution in [1.82, 2.24) is 4.98 Å². The summed E-state index contributed by atoms with van der Waals surface area (Å²) in [5.41, 5.74) is 6.51. The summed E-state index contributed by atoms with van der Waals surface area (Å²) in [6.07, 6.45) is 0. The van der Waals surface area contributed by atoms with E-state index < -0.39 is 0 Å². The van der Waals surface area contributed by atoms with Gasteiger partial charge in [-0.3, -0.25) is 0 Å². The highest BCUT2D eigenvalue weighted by molar-refractivity contribution is 5.63. The van der Waals surface area contributed by atoms with Gasteiger partial charge in [-0.05, 0) is 13.0 Å². The van der Waals surface area contributed by atoms with Gasteiger partial charge in [-0.25, -0.2) is 0 Å². The molecule has 1 unspecified atom stereocenters. The minimum absolute atomic E-state index is 0.201.